The smallest absolute Gasteiger partial charge is 0.229 e. The average Bonchev–Trinajstić information content (AvgIpc) is 2.78. The number of aryl methyl sites for hydroxylation is 1. The fourth-order valence-corrected chi connectivity index (χ4v) is 3.72. The summed E-state index contributed by atoms with van der Waals surface area (Å²) in [5.74, 6) is 1.29. The molecule has 0 unspecified atom stereocenters. The second kappa shape index (κ2) is 9.41. The van der Waals surface area contributed by atoms with Crippen LogP contribution in [0.4, 0.5) is 34.5 Å². The molecule has 0 saturated carbocycles. The van der Waals surface area contributed by atoms with Gasteiger partial charge in [-0.15, -0.1) is 0 Å². The van der Waals surface area contributed by atoms with Gasteiger partial charge in [0.15, 0.2) is 0 Å². The monoisotopic (exact) mass is 437 g/mol. The van der Waals surface area contributed by atoms with Gasteiger partial charge in [0.05, 0.1) is 10.7 Å². The van der Waals surface area contributed by atoms with Crippen LogP contribution in [0.5, 0.6) is 0 Å². The van der Waals surface area contributed by atoms with Crippen molar-refractivity contribution in [3.05, 3.63) is 59.2 Å². The van der Waals surface area contributed by atoms with E-state index in [1.54, 1.807) is 0 Å². The Hall–Kier alpha value is -3.03. The van der Waals surface area contributed by atoms with Crippen molar-refractivity contribution in [1.29, 1.82) is 0 Å². The maximum absolute atomic E-state index is 6.18. The molecule has 7 nitrogen and oxygen atoms in total. The van der Waals surface area contributed by atoms with Gasteiger partial charge in [0, 0.05) is 62.0 Å². The lowest BCUT2D eigenvalue weighted by Gasteiger charge is -2.34. The van der Waals surface area contributed by atoms with Crippen molar-refractivity contribution in [1.82, 2.24) is 14.9 Å². The van der Waals surface area contributed by atoms with Gasteiger partial charge in [0.1, 0.15) is 5.82 Å². The number of hydrogen-bond acceptors (Lipinski definition) is 7. The summed E-state index contributed by atoms with van der Waals surface area (Å²) < 4.78 is 0. The van der Waals surface area contributed by atoms with Crippen LogP contribution in [0.3, 0.4) is 0 Å². The van der Waals surface area contributed by atoms with Crippen LogP contribution in [0, 0.1) is 6.92 Å². The molecule has 1 aliphatic rings. The third kappa shape index (κ3) is 5.18. The molecule has 2 heterocycles. The van der Waals surface area contributed by atoms with E-state index in [0.717, 1.165) is 54.6 Å². The number of nitrogens with zero attached hydrogens (tertiary/aromatic N) is 4. The molecule has 0 radical (unpaired) electrons. The van der Waals surface area contributed by atoms with E-state index in [-0.39, 0.29) is 0 Å². The van der Waals surface area contributed by atoms with Gasteiger partial charge in [-0.05, 0) is 56.4 Å². The van der Waals surface area contributed by atoms with Crippen LogP contribution >= 0.6 is 11.6 Å². The average molecular weight is 438 g/mol. The molecule has 4 rings (SSSR count). The molecular weight excluding hydrogens is 410 g/mol. The number of piperazine rings is 1. The second-order valence-corrected chi connectivity index (χ2v) is 8.16. The van der Waals surface area contributed by atoms with E-state index in [1.807, 2.05) is 38.4 Å². The van der Waals surface area contributed by atoms with Crippen LogP contribution in [0.2, 0.25) is 5.02 Å². The first-order valence-electron chi connectivity index (χ1n) is 10.4. The predicted octanol–water partition coefficient (Wildman–Crippen LogP) is 4.72. The maximum atomic E-state index is 6.18. The van der Waals surface area contributed by atoms with Crippen LogP contribution < -0.4 is 20.9 Å². The van der Waals surface area contributed by atoms with Crippen molar-refractivity contribution in [2.24, 2.45) is 0 Å². The SMILES string of the molecule is CNc1cc(Nc2nc(Nc3ccc(N4CCN(C)CC4)cc3)ncc2C)ccc1Cl. The number of halogens is 1. The minimum Gasteiger partial charge on any atom is -0.387 e. The molecule has 0 atom stereocenters. The van der Waals surface area contributed by atoms with Gasteiger partial charge in [-0.3, -0.25) is 0 Å². The molecule has 1 aromatic heterocycles. The summed E-state index contributed by atoms with van der Waals surface area (Å²) in [6.07, 6.45) is 1.81. The van der Waals surface area contributed by atoms with Crippen LogP contribution in [-0.2, 0) is 0 Å². The molecule has 3 aromatic rings. The number of aromatic nitrogens is 2. The third-order valence-corrected chi connectivity index (χ3v) is 5.79. The number of likely N-dealkylation sites (N-methyl/N-ethyl adjacent to an activating group) is 1. The Morgan fingerprint density at radius 1 is 0.935 bits per heavy atom. The van der Waals surface area contributed by atoms with Crippen LogP contribution in [0.1, 0.15) is 5.56 Å². The number of rotatable bonds is 6. The zero-order valence-electron chi connectivity index (χ0n) is 18.1. The summed E-state index contributed by atoms with van der Waals surface area (Å²) in [6.45, 7) is 6.28. The summed E-state index contributed by atoms with van der Waals surface area (Å²) in [4.78, 5) is 13.9. The van der Waals surface area contributed by atoms with Gasteiger partial charge in [0.25, 0.3) is 0 Å². The summed E-state index contributed by atoms with van der Waals surface area (Å²) in [7, 11) is 4.01. The molecule has 31 heavy (non-hydrogen) atoms. The summed E-state index contributed by atoms with van der Waals surface area (Å²) in [5.41, 5.74) is 4.91. The lowest BCUT2D eigenvalue weighted by molar-refractivity contribution is 0.313. The highest BCUT2D eigenvalue weighted by atomic mass is 35.5. The van der Waals surface area contributed by atoms with Gasteiger partial charge in [-0.2, -0.15) is 4.98 Å². The highest BCUT2D eigenvalue weighted by Crippen LogP contribution is 2.28. The van der Waals surface area contributed by atoms with E-state index < -0.39 is 0 Å². The van der Waals surface area contributed by atoms with Gasteiger partial charge < -0.3 is 25.8 Å². The summed E-state index contributed by atoms with van der Waals surface area (Å²) in [6, 6.07) is 14.2. The largest absolute Gasteiger partial charge is 0.387 e. The normalized spacial score (nSPS) is 14.4. The molecule has 1 aliphatic heterocycles. The highest BCUT2D eigenvalue weighted by Gasteiger charge is 2.14. The first-order valence-corrected chi connectivity index (χ1v) is 10.8. The van der Waals surface area contributed by atoms with Gasteiger partial charge in [-0.25, -0.2) is 4.98 Å². The summed E-state index contributed by atoms with van der Waals surface area (Å²) >= 11 is 6.18. The van der Waals surface area contributed by atoms with E-state index in [4.69, 9.17) is 11.6 Å². The van der Waals surface area contributed by atoms with Crippen molar-refractivity contribution in [3.63, 3.8) is 0 Å². The van der Waals surface area contributed by atoms with Crippen LogP contribution in [-0.4, -0.2) is 55.1 Å². The van der Waals surface area contributed by atoms with Gasteiger partial charge >= 0.3 is 0 Å². The van der Waals surface area contributed by atoms with E-state index in [9.17, 15) is 0 Å². The Bertz CT molecular complexity index is 1030. The van der Waals surface area contributed by atoms with Crippen molar-refractivity contribution >= 4 is 46.1 Å². The molecule has 162 valence electrons. The molecule has 0 spiro atoms. The van der Waals surface area contributed by atoms with Crippen molar-refractivity contribution < 1.29 is 0 Å². The van der Waals surface area contributed by atoms with Crippen molar-refractivity contribution in [2.75, 3.05) is 61.1 Å². The van der Waals surface area contributed by atoms with E-state index in [2.05, 4.69) is 67.0 Å². The Kier molecular flexibility index (Phi) is 6.44. The Labute approximate surface area is 188 Å². The lowest BCUT2D eigenvalue weighted by atomic mass is 10.2. The molecule has 1 fully saturated rings. The molecular formula is C23H28ClN7. The molecule has 0 bridgehead atoms. The van der Waals surface area contributed by atoms with E-state index in [0.29, 0.717) is 11.0 Å². The minimum absolute atomic E-state index is 0.545. The highest BCUT2D eigenvalue weighted by molar-refractivity contribution is 6.33. The Balaban J connectivity index is 1.46. The molecule has 2 aromatic carbocycles. The van der Waals surface area contributed by atoms with Crippen LogP contribution in [0.25, 0.3) is 0 Å². The molecule has 8 heteroatoms. The number of anilines is 6. The predicted molar refractivity (Wildman–Crippen MR) is 130 cm³/mol. The van der Waals surface area contributed by atoms with Crippen LogP contribution in [0.15, 0.2) is 48.7 Å². The maximum Gasteiger partial charge on any atom is 0.229 e. The first kappa shape index (κ1) is 21.2. The number of nitrogens with one attached hydrogen (secondary N) is 3. The summed E-state index contributed by atoms with van der Waals surface area (Å²) in [5, 5.41) is 10.4. The Morgan fingerprint density at radius 2 is 1.65 bits per heavy atom. The van der Waals surface area contributed by atoms with Crippen molar-refractivity contribution in [3.8, 4) is 0 Å². The van der Waals surface area contributed by atoms with E-state index >= 15 is 0 Å². The zero-order valence-corrected chi connectivity index (χ0v) is 18.9. The Morgan fingerprint density at radius 3 is 2.35 bits per heavy atom. The van der Waals surface area contributed by atoms with Gasteiger partial charge in [0.2, 0.25) is 5.95 Å². The second-order valence-electron chi connectivity index (χ2n) is 7.76. The topological polar surface area (TPSA) is 68.4 Å². The van der Waals surface area contributed by atoms with Gasteiger partial charge in [-0.1, -0.05) is 11.6 Å². The molecule has 1 saturated heterocycles. The molecule has 0 aliphatic carbocycles. The standard InChI is InChI=1S/C23H28ClN7/c1-16-15-26-23(29-22(16)27-18-6-9-20(24)21(14-18)25-2)28-17-4-7-19(8-5-17)31-12-10-30(3)11-13-31/h4-9,14-15,25H,10-13H2,1-3H3,(H2,26,27,28,29). The van der Waals surface area contributed by atoms with Crippen molar-refractivity contribution in [2.45, 2.75) is 6.92 Å². The first-order chi connectivity index (χ1) is 15.0. The third-order valence-electron chi connectivity index (χ3n) is 5.46. The number of hydrogen-bond donors (Lipinski definition) is 3. The number of benzene rings is 2. The fraction of sp³-hybridized carbons (Fsp3) is 0.304. The minimum atomic E-state index is 0.545. The molecule has 0 amide bonds. The molecule has 3 N–H and O–H groups in total. The fourth-order valence-electron chi connectivity index (χ4n) is 3.51. The lowest BCUT2D eigenvalue weighted by Crippen LogP contribution is -2.44. The van der Waals surface area contributed by atoms with E-state index in [1.165, 1.54) is 5.69 Å². The zero-order chi connectivity index (χ0) is 21.8. The quantitative estimate of drug-likeness (QED) is 0.515.